The van der Waals surface area contributed by atoms with Crippen molar-refractivity contribution in [2.75, 3.05) is 39.3 Å². The number of piperazine rings is 1. The van der Waals surface area contributed by atoms with Gasteiger partial charge in [-0.3, -0.25) is 4.79 Å². The van der Waals surface area contributed by atoms with Gasteiger partial charge in [0.15, 0.2) is 0 Å². The number of carbonyl (C=O) groups is 1. The second-order valence-corrected chi connectivity index (χ2v) is 10.7. The molecule has 0 N–H and O–H groups in total. The number of aryl methyl sites for hydroxylation is 2. The largest absolute Gasteiger partial charge is 0.373 e. The molecule has 0 saturated carbocycles. The average Bonchev–Trinajstić information content (AvgIpc) is 3.10. The summed E-state index contributed by atoms with van der Waals surface area (Å²) in [5.41, 5.74) is 3.92. The van der Waals surface area contributed by atoms with Crippen molar-refractivity contribution in [3.05, 3.63) is 53.3 Å². The van der Waals surface area contributed by atoms with Crippen molar-refractivity contribution in [2.45, 2.75) is 39.9 Å². The van der Waals surface area contributed by atoms with E-state index in [4.69, 9.17) is 4.74 Å². The molecule has 4 rings (SSSR count). The Kier molecular flexibility index (Phi) is 6.44. The fourth-order valence-corrected chi connectivity index (χ4v) is 6.36. The van der Waals surface area contributed by atoms with Crippen LogP contribution in [0.4, 0.5) is 0 Å². The van der Waals surface area contributed by atoms with Crippen molar-refractivity contribution in [3.8, 4) is 5.69 Å². The van der Waals surface area contributed by atoms with Gasteiger partial charge in [0.05, 0.1) is 12.2 Å². The molecule has 1 amide bonds. The molecule has 2 atom stereocenters. The van der Waals surface area contributed by atoms with Crippen molar-refractivity contribution < 1.29 is 17.9 Å². The van der Waals surface area contributed by atoms with Gasteiger partial charge in [-0.2, -0.15) is 17.0 Å². The van der Waals surface area contributed by atoms with E-state index in [1.807, 2.05) is 38.1 Å². The Balaban J connectivity index is 1.39. The minimum absolute atomic E-state index is 0.0665. The third kappa shape index (κ3) is 4.47. The van der Waals surface area contributed by atoms with Crippen LogP contribution in [0.5, 0.6) is 0 Å². The lowest BCUT2D eigenvalue weighted by molar-refractivity contribution is -0.0457. The zero-order valence-corrected chi connectivity index (χ0v) is 20.0. The first kappa shape index (κ1) is 23.0. The number of hydrogen-bond acceptors (Lipinski definition) is 4. The Morgan fingerprint density at radius 1 is 0.844 bits per heavy atom. The number of carbonyl (C=O) groups excluding carboxylic acids is 1. The summed E-state index contributed by atoms with van der Waals surface area (Å²) in [6.07, 6.45) is -0.253. The van der Waals surface area contributed by atoms with Gasteiger partial charge < -0.3 is 14.2 Å². The summed E-state index contributed by atoms with van der Waals surface area (Å²) in [4.78, 5) is 14.7. The van der Waals surface area contributed by atoms with Crippen LogP contribution in [-0.2, 0) is 14.9 Å². The van der Waals surface area contributed by atoms with Crippen molar-refractivity contribution >= 4 is 16.1 Å². The zero-order chi connectivity index (χ0) is 23.0. The maximum Gasteiger partial charge on any atom is 0.282 e. The van der Waals surface area contributed by atoms with Crippen molar-refractivity contribution in [1.82, 2.24) is 18.1 Å². The third-order valence-electron chi connectivity index (χ3n) is 6.21. The van der Waals surface area contributed by atoms with Gasteiger partial charge >= 0.3 is 0 Å². The minimum Gasteiger partial charge on any atom is -0.373 e. The fraction of sp³-hybridized carbons (Fsp3) is 0.522. The molecule has 3 heterocycles. The van der Waals surface area contributed by atoms with Crippen LogP contribution in [0, 0.1) is 13.8 Å². The van der Waals surface area contributed by atoms with Crippen LogP contribution >= 0.6 is 0 Å². The molecule has 2 aliphatic heterocycles. The number of hydrogen-bond donors (Lipinski definition) is 0. The first-order chi connectivity index (χ1) is 15.2. The number of amides is 1. The Labute approximate surface area is 190 Å². The number of ether oxygens (including phenoxy) is 1. The second-order valence-electron chi connectivity index (χ2n) is 8.77. The normalized spacial score (nSPS) is 23.4. The molecule has 8 nitrogen and oxygen atoms in total. The van der Waals surface area contributed by atoms with E-state index in [0.717, 1.165) is 17.1 Å². The van der Waals surface area contributed by atoms with Gasteiger partial charge in [0.1, 0.15) is 0 Å². The van der Waals surface area contributed by atoms with Gasteiger partial charge in [-0.15, -0.1) is 0 Å². The predicted molar refractivity (Wildman–Crippen MR) is 123 cm³/mol. The van der Waals surface area contributed by atoms with E-state index >= 15 is 0 Å². The third-order valence-corrected chi connectivity index (χ3v) is 8.18. The van der Waals surface area contributed by atoms with Gasteiger partial charge in [0, 0.05) is 61.9 Å². The highest BCUT2D eigenvalue weighted by molar-refractivity contribution is 7.86. The predicted octanol–water partition coefficient (Wildman–Crippen LogP) is 2.21. The van der Waals surface area contributed by atoms with Crippen LogP contribution in [0.2, 0.25) is 0 Å². The van der Waals surface area contributed by atoms with E-state index in [9.17, 15) is 13.2 Å². The molecule has 9 heteroatoms. The molecule has 0 spiro atoms. The van der Waals surface area contributed by atoms with Crippen molar-refractivity contribution in [1.29, 1.82) is 0 Å². The summed E-state index contributed by atoms with van der Waals surface area (Å²) in [5.74, 6) is -0.0665. The van der Waals surface area contributed by atoms with Crippen LogP contribution in [0.1, 0.15) is 35.6 Å². The lowest BCUT2D eigenvalue weighted by atomic mass is 10.1. The smallest absolute Gasteiger partial charge is 0.282 e. The first-order valence-corrected chi connectivity index (χ1v) is 12.5. The lowest BCUT2D eigenvalue weighted by Gasteiger charge is -2.40. The summed E-state index contributed by atoms with van der Waals surface area (Å²) in [7, 11) is -3.56. The zero-order valence-electron chi connectivity index (χ0n) is 19.2. The van der Waals surface area contributed by atoms with Crippen LogP contribution in [0.3, 0.4) is 0 Å². The number of aromatic nitrogens is 1. The summed E-state index contributed by atoms with van der Waals surface area (Å²) in [6.45, 7) is 9.96. The monoisotopic (exact) mass is 460 g/mol. The second kappa shape index (κ2) is 8.97. The summed E-state index contributed by atoms with van der Waals surface area (Å²) in [5, 5.41) is 0. The topological polar surface area (TPSA) is 75.1 Å². The highest BCUT2D eigenvalue weighted by Gasteiger charge is 2.37. The molecule has 2 unspecified atom stereocenters. The summed E-state index contributed by atoms with van der Waals surface area (Å²) >= 11 is 0. The van der Waals surface area contributed by atoms with Crippen LogP contribution < -0.4 is 0 Å². The van der Waals surface area contributed by atoms with Gasteiger partial charge in [0.2, 0.25) is 0 Å². The number of benzene rings is 1. The highest BCUT2D eigenvalue weighted by atomic mass is 32.2. The molecule has 0 aliphatic carbocycles. The SMILES string of the molecule is Cc1ccc(C)n1-c1ccc(C(=O)N2CCN(S(=O)(=O)N3CC(C)OC(C)C3)CC2)cc1. The molecule has 1 aromatic carbocycles. The molecule has 0 radical (unpaired) electrons. The molecule has 2 saturated heterocycles. The van der Waals surface area contributed by atoms with E-state index in [0.29, 0.717) is 44.8 Å². The Morgan fingerprint density at radius 3 is 1.91 bits per heavy atom. The summed E-state index contributed by atoms with van der Waals surface area (Å²) < 4.78 is 36.9. The van der Waals surface area contributed by atoms with E-state index < -0.39 is 10.2 Å². The molecule has 32 heavy (non-hydrogen) atoms. The fourth-order valence-electron chi connectivity index (χ4n) is 4.62. The molecule has 174 valence electrons. The summed E-state index contributed by atoms with van der Waals surface area (Å²) in [6, 6.07) is 11.7. The molecule has 0 bridgehead atoms. The minimum atomic E-state index is -3.56. The van der Waals surface area contributed by atoms with Crippen LogP contribution in [0.25, 0.3) is 5.69 Å². The molecular formula is C23H32N4O4S. The van der Waals surface area contributed by atoms with Crippen LogP contribution in [-0.4, -0.2) is 83.9 Å². The molecule has 2 fully saturated rings. The van der Waals surface area contributed by atoms with Gasteiger partial charge in [0.25, 0.3) is 16.1 Å². The van der Waals surface area contributed by atoms with Gasteiger partial charge in [-0.05, 0) is 64.1 Å². The first-order valence-electron chi connectivity index (χ1n) is 11.1. The van der Waals surface area contributed by atoms with E-state index in [1.54, 1.807) is 4.90 Å². The maximum absolute atomic E-state index is 13.1. The molecule has 2 aliphatic rings. The van der Waals surface area contributed by atoms with Crippen LogP contribution in [0.15, 0.2) is 36.4 Å². The average molecular weight is 461 g/mol. The molecular weight excluding hydrogens is 428 g/mol. The Bertz CT molecular complexity index is 1040. The van der Waals surface area contributed by atoms with Crippen molar-refractivity contribution in [2.24, 2.45) is 0 Å². The van der Waals surface area contributed by atoms with Gasteiger partial charge in [-0.25, -0.2) is 0 Å². The number of morpholine rings is 1. The Morgan fingerprint density at radius 2 is 1.38 bits per heavy atom. The molecule has 1 aromatic heterocycles. The quantitative estimate of drug-likeness (QED) is 0.701. The molecule has 2 aromatic rings. The van der Waals surface area contributed by atoms with E-state index in [2.05, 4.69) is 30.5 Å². The highest BCUT2D eigenvalue weighted by Crippen LogP contribution is 2.21. The maximum atomic E-state index is 13.1. The standard InChI is InChI=1S/C23H32N4O4S/c1-17-5-6-18(2)27(17)22-9-7-21(8-10-22)23(28)24-11-13-25(14-12-24)32(29,30)26-15-19(3)31-20(4)16-26/h5-10,19-20H,11-16H2,1-4H3. The van der Waals surface area contributed by atoms with Crippen molar-refractivity contribution in [3.63, 3.8) is 0 Å². The van der Waals surface area contributed by atoms with Gasteiger partial charge in [-0.1, -0.05) is 0 Å². The van der Waals surface area contributed by atoms with E-state index in [1.165, 1.54) is 8.61 Å². The van der Waals surface area contributed by atoms with E-state index in [-0.39, 0.29) is 18.1 Å². The Hall–Kier alpha value is -2.20. The lowest BCUT2D eigenvalue weighted by Crippen LogP contribution is -2.57. The number of nitrogens with zero attached hydrogens (tertiary/aromatic N) is 4. The number of rotatable bonds is 4.